The van der Waals surface area contributed by atoms with Crippen molar-refractivity contribution < 1.29 is 9.84 Å². The molecule has 0 aliphatic heterocycles. The lowest BCUT2D eigenvalue weighted by atomic mass is 10.1. The predicted octanol–water partition coefficient (Wildman–Crippen LogP) is 4.77. The Morgan fingerprint density at radius 3 is 2.60 bits per heavy atom. The van der Waals surface area contributed by atoms with Crippen molar-refractivity contribution in [1.29, 1.82) is 0 Å². The molecule has 0 aliphatic carbocycles. The molecule has 1 aromatic heterocycles. The van der Waals surface area contributed by atoms with Gasteiger partial charge in [-0.05, 0) is 48.2 Å². The lowest BCUT2D eigenvalue weighted by molar-refractivity contribution is 0.100. The molecule has 3 rings (SSSR count). The standard InChI is InChI=1S/C21H20ClNO2/c22-21-13-19(10-11-20(21)17-6-2-1-3-7-17)25-15-18(24)9-8-16-5-4-12-23-14-16/h1-7,10-14,18,24H,8-9,15H2/t18-/m1/s1. The minimum atomic E-state index is -0.534. The van der Waals surface area contributed by atoms with E-state index in [9.17, 15) is 5.11 Å². The van der Waals surface area contributed by atoms with Crippen LogP contribution in [0.3, 0.4) is 0 Å². The van der Waals surface area contributed by atoms with E-state index in [0.717, 1.165) is 23.1 Å². The molecule has 0 saturated carbocycles. The van der Waals surface area contributed by atoms with Crippen molar-refractivity contribution in [2.45, 2.75) is 18.9 Å². The van der Waals surface area contributed by atoms with Crippen LogP contribution in [-0.4, -0.2) is 22.8 Å². The van der Waals surface area contributed by atoms with E-state index in [2.05, 4.69) is 4.98 Å². The highest BCUT2D eigenvalue weighted by atomic mass is 35.5. The van der Waals surface area contributed by atoms with E-state index in [1.54, 1.807) is 12.3 Å². The van der Waals surface area contributed by atoms with Crippen molar-refractivity contribution in [3.63, 3.8) is 0 Å². The average molecular weight is 354 g/mol. The number of hydrogen-bond acceptors (Lipinski definition) is 3. The van der Waals surface area contributed by atoms with Gasteiger partial charge in [0, 0.05) is 18.0 Å². The molecule has 4 heteroatoms. The molecule has 1 heterocycles. The Kier molecular flexibility index (Phi) is 6.04. The highest BCUT2D eigenvalue weighted by molar-refractivity contribution is 6.33. The second kappa shape index (κ2) is 8.65. The third kappa shape index (κ3) is 5.05. The molecule has 3 aromatic rings. The lowest BCUT2D eigenvalue weighted by Crippen LogP contribution is -2.18. The number of hydrogen-bond donors (Lipinski definition) is 1. The fourth-order valence-electron chi connectivity index (χ4n) is 2.59. The van der Waals surface area contributed by atoms with Crippen LogP contribution < -0.4 is 4.74 Å². The number of ether oxygens (including phenoxy) is 1. The first-order chi connectivity index (χ1) is 12.2. The van der Waals surface area contributed by atoms with Crippen LogP contribution in [-0.2, 0) is 6.42 Å². The molecule has 0 spiro atoms. The minimum Gasteiger partial charge on any atom is -0.491 e. The molecule has 25 heavy (non-hydrogen) atoms. The van der Waals surface area contributed by atoms with Crippen LogP contribution in [0.25, 0.3) is 11.1 Å². The number of aromatic nitrogens is 1. The molecule has 0 radical (unpaired) electrons. The highest BCUT2D eigenvalue weighted by Gasteiger charge is 2.08. The zero-order chi connectivity index (χ0) is 17.5. The molecule has 3 nitrogen and oxygen atoms in total. The summed E-state index contributed by atoms with van der Waals surface area (Å²) < 4.78 is 5.68. The Hall–Kier alpha value is -2.36. The zero-order valence-electron chi connectivity index (χ0n) is 13.8. The first kappa shape index (κ1) is 17.5. The Bertz CT molecular complexity index is 794. The summed E-state index contributed by atoms with van der Waals surface area (Å²) in [5.74, 6) is 0.658. The fraction of sp³-hybridized carbons (Fsp3) is 0.190. The second-order valence-electron chi connectivity index (χ2n) is 5.87. The number of nitrogens with zero attached hydrogens (tertiary/aromatic N) is 1. The normalized spacial score (nSPS) is 11.9. The SMILES string of the molecule is O[C@H](CCc1cccnc1)COc1ccc(-c2ccccc2)c(Cl)c1. The van der Waals surface area contributed by atoms with Crippen LogP contribution in [0, 0.1) is 0 Å². The number of aliphatic hydroxyl groups excluding tert-OH is 1. The molecule has 0 aliphatic rings. The Morgan fingerprint density at radius 2 is 1.88 bits per heavy atom. The predicted molar refractivity (Wildman–Crippen MR) is 101 cm³/mol. The third-order valence-corrected chi connectivity index (χ3v) is 4.27. The van der Waals surface area contributed by atoms with E-state index in [4.69, 9.17) is 16.3 Å². The molecule has 0 bridgehead atoms. The number of aryl methyl sites for hydroxylation is 1. The summed E-state index contributed by atoms with van der Waals surface area (Å²) in [5, 5.41) is 10.7. The molecule has 1 N–H and O–H groups in total. The monoisotopic (exact) mass is 353 g/mol. The van der Waals surface area contributed by atoms with Gasteiger partial charge in [-0.2, -0.15) is 0 Å². The fourth-order valence-corrected chi connectivity index (χ4v) is 2.87. The van der Waals surface area contributed by atoms with E-state index in [1.165, 1.54) is 0 Å². The van der Waals surface area contributed by atoms with Crippen molar-refractivity contribution in [3.8, 4) is 16.9 Å². The smallest absolute Gasteiger partial charge is 0.120 e. The first-order valence-corrected chi connectivity index (χ1v) is 8.65. The van der Waals surface area contributed by atoms with Crippen LogP contribution in [0.2, 0.25) is 5.02 Å². The maximum Gasteiger partial charge on any atom is 0.120 e. The van der Waals surface area contributed by atoms with Gasteiger partial charge in [-0.1, -0.05) is 48.0 Å². The van der Waals surface area contributed by atoms with Gasteiger partial charge in [-0.25, -0.2) is 0 Å². The van der Waals surface area contributed by atoms with Gasteiger partial charge < -0.3 is 9.84 Å². The molecule has 128 valence electrons. The van der Waals surface area contributed by atoms with Gasteiger partial charge in [-0.3, -0.25) is 4.98 Å². The summed E-state index contributed by atoms with van der Waals surface area (Å²) in [5.41, 5.74) is 3.14. The van der Waals surface area contributed by atoms with Crippen LogP contribution in [0.15, 0.2) is 73.1 Å². The molecular weight excluding hydrogens is 334 g/mol. The molecule has 0 saturated heterocycles. The summed E-state index contributed by atoms with van der Waals surface area (Å²) >= 11 is 6.37. The van der Waals surface area contributed by atoms with Crippen molar-refractivity contribution in [1.82, 2.24) is 4.98 Å². The van der Waals surface area contributed by atoms with Crippen LogP contribution in [0.5, 0.6) is 5.75 Å². The van der Waals surface area contributed by atoms with Crippen molar-refractivity contribution in [2.24, 2.45) is 0 Å². The molecule has 1 atom stereocenters. The number of aliphatic hydroxyl groups is 1. The second-order valence-corrected chi connectivity index (χ2v) is 6.28. The van der Waals surface area contributed by atoms with Crippen LogP contribution >= 0.6 is 11.6 Å². The number of benzene rings is 2. The minimum absolute atomic E-state index is 0.237. The summed E-state index contributed by atoms with van der Waals surface area (Å²) in [4.78, 5) is 4.07. The van der Waals surface area contributed by atoms with Gasteiger partial charge in [-0.15, -0.1) is 0 Å². The van der Waals surface area contributed by atoms with E-state index >= 15 is 0 Å². The maximum atomic E-state index is 10.1. The summed E-state index contributed by atoms with van der Waals surface area (Å²) in [6.45, 7) is 0.237. The van der Waals surface area contributed by atoms with Crippen LogP contribution in [0.1, 0.15) is 12.0 Å². The molecule has 2 aromatic carbocycles. The maximum absolute atomic E-state index is 10.1. The Labute approximate surface area is 152 Å². The van der Waals surface area contributed by atoms with Crippen molar-refractivity contribution >= 4 is 11.6 Å². The van der Waals surface area contributed by atoms with E-state index in [1.807, 2.05) is 60.8 Å². The van der Waals surface area contributed by atoms with Gasteiger partial charge in [0.15, 0.2) is 0 Å². The lowest BCUT2D eigenvalue weighted by Gasteiger charge is -2.13. The van der Waals surface area contributed by atoms with E-state index < -0.39 is 6.10 Å². The molecular formula is C21H20ClNO2. The van der Waals surface area contributed by atoms with E-state index in [0.29, 0.717) is 17.2 Å². The number of pyridine rings is 1. The van der Waals surface area contributed by atoms with Gasteiger partial charge in [0.2, 0.25) is 0 Å². The number of halogens is 1. The molecule has 0 unspecified atom stereocenters. The summed E-state index contributed by atoms with van der Waals surface area (Å²) in [6.07, 6.45) is 4.42. The largest absolute Gasteiger partial charge is 0.491 e. The van der Waals surface area contributed by atoms with Gasteiger partial charge in [0.25, 0.3) is 0 Å². The Morgan fingerprint density at radius 1 is 1.04 bits per heavy atom. The highest BCUT2D eigenvalue weighted by Crippen LogP contribution is 2.31. The van der Waals surface area contributed by atoms with Crippen molar-refractivity contribution in [2.75, 3.05) is 6.61 Å². The topological polar surface area (TPSA) is 42.4 Å². The van der Waals surface area contributed by atoms with E-state index in [-0.39, 0.29) is 6.61 Å². The zero-order valence-corrected chi connectivity index (χ0v) is 14.6. The Balaban J connectivity index is 1.54. The van der Waals surface area contributed by atoms with Gasteiger partial charge in [0.1, 0.15) is 12.4 Å². The molecule has 0 amide bonds. The third-order valence-electron chi connectivity index (χ3n) is 3.96. The average Bonchev–Trinajstić information content (AvgIpc) is 2.66. The van der Waals surface area contributed by atoms with Gasteiger partial charge >= 0.3 is 0 Å². The number of rotatable bonds is 7. The van der Waals surface area contributed by atoms with Gasteiger partial charge in [0.05, 0.1) is 11.1 Å². The van der Waals surface area contributed by atoms with Crippen molar-refractivity contribution in [3.05, 3.63) is 83.6 Å². The summed E-state index contributed by atoms with van der Waals surface area (Å²) in [7, 11) is 0. The summed E-state index contributed by atoms with van der Waals surface area (Å²) in [6, 6.07) is 19.5. The quantitative estimate of drug-likeness (QED) is 0.665. The first-order valence-electron chi connectivity index (χ1n) is 8.27. The van der Waals surface area contributed by atoms with Crippen LogP contribution in [0.4, 0.5) is 0 Å². The molecule has 0 fully saturated rings.